The maximum Gasteiger partial charge on any atom is 0.237 e. The van der Waals surface area contributed by atoms with Gasteiger partial charge in [0.15, 0.2) is 0 Å². The molecule has 2 saturated heterocycles. The third-order valence-electron chi connectivity index (χ3n) is 6.20. The molecule has 0 aliphatic carbocycles. The van der Waals surface area contributed by atoms with Crippen molar-refractivity contribution in [3.8, 4) is 0 Å². The Balaban J connectivity index is 1.29. The van der Waals surface area contributed by atoms with Gasteiger partial charge < -0.3 is 20.0 Å². The van der Waals surface area contributed by atoms with Crippen molar-refractivity contribution < 1.29 is 14.0 Å². The number of anilines is 1. The second-order valence-electron chi connectivity index (χ2n) is 8.66. The summed E-state index contributed by atoms with van der Waals surface area (Å²) in [6, 6.07) is 12.1. The lowest BCUT2D eigenvalue weighted by molar-refractivity contribution is -0.134. The highest BCUT2D eigenvalue weighted by atomic mass is 16.3. The van der Waals surface area contributed by atoms with Crippen LogP contribution in [-0.4, -0.2) is 55.0 Å². The van der Waals surface area contributed by atoms with Crippen LogP contribution in [0.15, 0.2) is 40.8 Å². The Morgan fingerprint density at radius 3 is 2.68 bits per heavy atom. The minimum absolute atomic E-state index is 0.0586. The summed E-state index contributed by atoms with van der Waals surface area (Å²) in [7, 11) is 0. The van der Waals surface area contributed by atoms with E-state index in [-0.39, 0.29) is 24.3 Å². The van der Waals surface area contributed by atoms with E-state index in [0.29, 0.717) is 19.6 Å². The summed E-state index contributed by atoms with van der Waals surface area (Å²) >= 11 is 0. The number of nitrogens with zero attached hydrogens (tertiary/aromatic N) is 2. The lowest BCUT2D eigenvalue weighted by Gasteiger charge is -2.36. The fraction of sp³-hybridized carbons (Fsp3) is 0.500. The summed E-state index contributed by atoms with van der Waals surface area (Å²) in [5.74, 6) is 1.53. The van der Waals surface area contributed by atoms with Gasteiger partial charge in [-0.2, -0.15) is 0 Å². The number of hydrogen-bond donors (Lipinski definition) is 2. The van der Waals surface area contributed by atoms with E-state index in [0.717, 1.165) is 37.5 Å². The van der Waals surface area contributed by atoms with E-state index < -0.39 is 6.04 Å². The normalized spacial score (nSPS) is 20.5. The average Bonchev–Trinajstić information content (AvgIpc) is 3.16. The predicted octanol–water partition coefficient (Wildman–Crippen LogP) is 2.37. The Bertz CT molecular complexity index is 917. The standard InChI is InChI=1S/C24H32N4O3/c1-17-4-3-5-20(14-17)27-11-8-19(9-12-27)26-23(29)15-22-24(30)25-10-13-28(22)16-21-7-6-18(2)31-21/h3-7,14,19,22H,8-13,15-16H2,1-2H3,(H,25,30)(H,26,29). The number of benzene rings is 1. The number of piperazine rings is 1. The van der Waals surface area contributed by atoms with Crippen LogP contribution in [0.3, 0.4) is 0 Å². The molecule has 1 atom stereocenters. The molecule has 2 aromatic rings. The topological polar surface area (TPSA) is 77.8 Å². The lowest BCUT2D eigenvalue weighted by Crippen LogP contribution is -2.56. The highest BCUT2D eigenvalue weighted by Gasteiger charge is 2.33. The largest absolute Gasteiger partial charge is 0.465 e. The maximum absolute atomic E-state index is 12.8. The number of carbonyl (C=O) groups is 2. The first kappa shape index (κ1) is 21.4. The maximum atomic E-state index is 12.8. The molecule has 2 fully saturated rings. The van der Waals surface area contributed by atoms with Gasteiger partial charge in [-0.1, -0.05) is 12.1 Å². The molecular weight excluding hydrogens is 392 g/mol. The van der Waals surface area contributed by atoms with Crippen LogP contribution < -0.4 is 15.5 Å². The minimum Gasteiger partial charge on any atom is -0.465 e. The Morgan fingerprint density at radius 1 is 1.16 bits per heavy atom. The van der Waals surface area contributed by atoms with E-state index in [9.17, 15) is 9.59 Å². The molecule has 1 aromatic heterocycles. The van der Waals surface area contributed by atoms with Gasteiger partial charge in [-0.3, -0.25) is 14.5 Å². The summed E-state index contributed by atoms with van der Waals surface area (Å²) in [6.07, 6.45) is 1.99. The van der Waals surface area contributed by atoms with Crippen LogP contribution in [-0.2, 0) is 16.1 Å². The van der Waals surface area contributed by atoms with Crippen LogP contribution >= 0.6 is 0 Å². The van der Waals surface area contributed by atoms with E-state index in [2.05, 4.69) is 46.7 Å². The molecule has 7 heteroatoms. The van der Waals surface area contributed by atoms with E-state index in [1.54, 1.807) is 0 Å². The quantitative estimate of drug-likeness (QED) is 0.745. The number of carbonyl (C=O) groups excluding carboxylic acids is 2. The molecule has 3 heterocycles. The highest BCUT2D eigenvalue weighted by Crippen LogP contribution is 2.21. The monoisotopic (exact) mass is 424 g/mol. The summed E-state index contributed by atoms with van der Waals surface area (Å²) < 4.78 is 5.67. The van der Waals surface area contributed by atoms with Crippen molar-refractivity contribution in [2.24, 2.45) is 0 Å². The van der Waals surface area contributed by atoms with E-state index in [1.165, 1.54) is 11.3 Å². The Hall–Kier alpha value is -2.80. The summed E-state index contributed by atoms with van der Waals surface area (Å²) in [5, 5.41) is 6.06. The zero-order chi connectivity index (χ0) is 21.8. The number of hydrogen-bond acceptors (Lipinski definition) is 5. The molecule has 4 rings (SSSR count). The third-order valence-corrected chi connectivity index (χ3v) is 6.20. The molecule has 2 aliphatic heterocycles. The zero-order valence-electron chi connectivity index (χ0n) is 18.4. The second kappa shape index (κ2) is 9.56. The smallest absolute Gasteiger partial charge is 0.237 e. The molecule has 0 radical (unpaired) electrons. The second-order valence-corrected chi connectivity index (χ2v) is 8.66. The third kappa shape index (κ3) is 5.47. The van der Waals surface area contributed by atoms with Crippen LogP contribution in [0.5, 0.6) is 0 Å². The molecule has 1 unspecified atom stereocenters. The first-order chi connectivity index (χ1) is 15.0. The number of amides is 2. The predicted molar refractivity (Wildman–Crippen MR) is 120 cm³/mol. The molecule has 2 aliphatic rings. The van der Waals surface area contributed by atoms with Crippen molar-refractivity contribution in [2.75, 3.05) is 31.1 Å². The van der Waals surface area contributed by atoms with Crippen LogP contribution in [0, 0.1) is 13.8 Å². The van der Waals surface area contributed by atoms with E-state index in [4.69, 9.17) is 4.42 Å². The van der Waals surface area contributed by atoms with Crippen LogP contribution in [0.25, 0.3) is 0 Å². The molecule has 2 N–H and O–H groups in total. The number of furan rings is 1. The van der Waals surface area contributed by atoms with Crippen LogP contribution in [0.2, 0.25) is 0 Å². The van der Waals surface area contributed by atoms with Crippen molar-refractivity contribution in [3.63, 3.8) is 0 Å². The summed E-state index contributed by atoms with van der Waals surface area (Å²) in [5.41, 5.74) is 2.50. The van der Waals surface area contributed by atoms with Gasteiger partial charge in [-0.05, 0) is 56.5 Å². The van der Waals surface area contributed by atoms with Gasteiger partial charge in [0.25, 0.3) is 0 Å². The Morgan fingerprint density at radius 2 is 1.97 bits per heavy atom. The SMILES string of the molecule is Cc1cccc(N2CCC(NC(=O)CC3C(=O)NCCN3Cc3ccc(C)o3)CC2)c1. The van der Waals surface area contributed by atoms with Gasteiger partial charge in [0.05, 0.1) is 19.0 Å². The van der Waals surface area contributed by atoms with Crippen molar-refractivity contribution in [1.29, 1.82) is 0 Å². The Labute approximate surface area is 183 Å². The van der Waals surface area contributed by atoms with E-state index in [1.807, 2.05) is 24.0 Å². The van der Waals surface area contributed by atoms with Crippen molar-refractivity contribution in [1.82, 2.24) is 15.5 Å². The van der Waals surface area contributed by atoms with Gasteiger partial charge in [-0.25, -0.2) is 0 Å². The average molecular weight is 425 g/mol. The molecular formula is C24H32N4O3. The number of aryl methyl sites for hydroxylation is 2. The number of nitrogens with one attached hydrogen (secondary N) is 2. The summed E-state index contributed by atoms with van der Waals surface area (Å²) in [4.78, 5) is 29.7. The molecule has 0 spiro atoms. The van der Waals surface area contributed by atoms with Crippen molar-refractivity contribution in [2.45, 2.75) is 51.7 Å². The Kier molecular flexibility index (Phi) is 6.61. The molecule has 7 nitrogen and oxygen atoms in total. The molecule has 166 valence electrons. The van der Waals surface area contributed by atoms with Gasteiger partial charge >= 0.3 is 0 Å². The van der Waals surface area contributed by atoms with Crippen molar-refractivity contribution >= 4 is 17.5 Å². The fourth-order valence-electron chi connectivity index (χ4n) is 4.51. The van der Waals surface area contributed by atoms with Gasteiger partial charge in [0, 0.05) is 37.9 Å². The van der Waals surface area contributed by atoms with Gasteiger partial charge in [0.1, 0.15) is 11.5 Å². The summed E-state index contributed by atoms with van der Waals surface area (Å²) in [6.45, 7) is 7.68. The fourth-order valence-corrected chi connectivity index (χ4v) is 4.51. The van der Waals surface area contributed by atoms with Crippen LogP contribution in [0.1, 0.15) is 36.3 Å². The zero-order valence-corrected chi connectivity index (χ0v) is 18.4. The lowest BCUT2D eigenvalue weighted by atomic mass is 10.0. The minimum atomic E-state index is -0.466. The molecule has 1 aromatic carbocycles. The van der Waals surface area contributed by atoms with Crippen molar-refractivity contribution in [3.05, 3.63) is 53.5 Å². The highest BCUT2D eigenvalue weighted by molar-refractivity contribution is 5.88. The molecule has 0 saturated carbocycles. The van der Waals surface area contributed by atoms with Gasteiger partial charge in [0.2, 0.25) is 11.8 Å². The molecule has 31 heavy (non-hydrogen) atoms. The molecule has 2 amide bonds. The first-order valence-electron chi connectivity index (χ1n) is 11.2. The first-order valence-corrected chi connectivity index (χ1v) is 11.2. The van der Waals surface area contributed by atoms with Gasteiger partial charge in [-0.15, -0.1) is 0 Å². The molecule has 0 bridgehead atoms. The number of piperidine rings is 1. The van der Waals surface area contributed by atoms with E-state index >= 15 is 0 Å². The van der Waals surface area contributed by atoms with Crippen LogP contribution in [0.4, 0.5) is 5.69 Å². The number of rotatable bonds is 6.